The van der Waals surface area contributed by atoms with Crippen LogP contribution in [0.25, 0.3) is 21.9 Å². The van der Waals surface area contributed by atoms with Crippen molar-refractivity contribution in [2.24, 2.45) is 0 Å². The minimum Gasteiger partial charge on any atom is -0.221 e. The van der Waals surface area contributed by atoms with Crippen LogP contribution in [-0.4, -0.2) is 17.5 Å². The summed E-state index contributed by atoms with van der Waals surface area (Å²) in [5.74, 6) is 0. The van der Waals surface area contributed by atoms with Gasteiger partial charge >= 0.3 is 11.2 Å². The molecule has 0 atom stereocenters. The van der Waals surface area contributed by atoms with Crippen molar-refractivity contribution < 1.29 is 4.42 Å². The number of hydrogen-bond donors (Lipinski definition) is 0. The molecule has 3 aromatic rings. The molecule has 0 bridgehead atoms. The summed E-state index contributed by atoms with van der Waals surface area (Å²) in [5.41, 5.74) is 1.87. The van der Waals surface area contributed by atoms with Crippen LogP contribution in [0, 0.1) is 0 Å². The number of rotatable bonds is 2. The van der Waals surface area contributed by atoms with Crippen LogP contribution in [0.2, 0.25) is 0 Å². The average molecular weight is 289 g/mol. The Morgan fingerprint density at radius 1 is 0.850 bits per heavy atom. The van der Waals surface area contributed by atoms with E-state index in [1.807, 2.05) is 50.2 Å². The molecule has 0 saturated heterocycles. The highest BCUT2D eigenvalue weighted by Crippen LogP contribution is 2.21. The second-order valence-electron chi connectivity index (χ2n) is 4.42. The molecule has 0 saturated carbocycles. The lowest BCUT2D eigenvalue weighted by Crippen LogP contribution is -2.08. The van der Waals surface area contributed by atoms with Crippen LogP contribution >= 0.6 is 11.8 Å². The van der Waals surface area contributed by atoms with E-state index in [0.29, 0.717) is 0 Å². The summed E-state index contributed by atoms with van der Waals surface area (Å²) in [4.78, 5) is 0. The molecule has 0 radical (unpaired) electrons. The predicted molar refractivity (Wildman–Crippen MR) is 86.9 cm³/mol. The van der Waals surface area contributed by atoms with Crippen LogP contribution in [0.1, 0.15) is 13.8 Å². The molecule has 0 aliphatic heterocycles. The molecule has 0 unspecified atom stereocenters. The fourth-order valence-corrected chi connectivity index (χ4v) is 1.90. The topological polar surface area (TPSA) is 14.5 Å². The summed E-state index contributed by atoms with van der Waals surface area (Å²) >= 11 is 5.48. The molecule has 1 heterocycles. The summed E-state index contributed by atoms with van der Waals surface area (Å²) in [5, 5.41) is 2.29. The second-order valence-corrected chi connectivity index (χ2v) is 4.90. The van der Waals surface area contributed by atoms with Gasteiger partial charge in [0, 0.05) is 25.2 Å². The van der Waals surface area contributed by atoms with Gasteiger partial charge in [-0.2, -0.15) is 0 Å². The average Bonchev–Trinajstić information content (AvgIpc) is 2.52. The Morgan fingerprint density at radius 2 is 1.30 bits per heavy atom. The fraction of sp³-hybridized carbons (Fsp3) is 0.235. The fourth-order valence-electron chi connectivity index (χ4n) is 1.90. The maximum Gasteiger partial charge on any atom is 0.360 e. The third-order valence-electron chi connectivity index (χ3n) is 3.06. The van der Waals surface area contributed by atoms with E-state index < -0.39 is 0 Å². The van der Waals surface area contributed by atoms with Crippen molar-refractivity contribution in [1.29, 1.82) is 0 Å². The van der Waals surface area contributed by atoms with Gasteiger partial charge in [-0.05, 0) is 30.0 Å². The van der Waals surface area contributed by atoms with Crippen molar-refractivity contribution in [3.63, 3.8) is 0 Å². The third kappa shape index (κ3) is 3.69. The minimum atomic E-state index is 0.929. The van der Waals surface area contributed by atoms with Crippen molar-refractivity contribution in [3.05, 3.63) is 54.6 Å². The lowest BCUT2D eigenvalue weighted by Gasteiger charge is -2.03. The van der Waals surface area contributed by atoms with Crippen molar-refractivity contribution >= 4 is 33.7 Å². The summed E-state index contributed by atoms with van der Waals surface area (Å²) in [6.07, 6.45) is 0. The quantitative estimate of drug-likeness (QED) is 0.359. The zero-order valence-electron chi connectivity index (χ0n) is 11.8. The van der Waals surface area contributed by atoms with E-state index in [1.54, 1.807) is 4.42 Å². The van der Waals surface area contributed by atoms with Crippen molar-refractivity contribution in [1.82, 2.24) is 4.42 Å². The Kier molecular flexibility index (Phi) is 5.33. The zero-order chi connectivity index (χ0) is 14.4. The van der Waals surface area contributed by atoms with E-state index >= 15 is 0 Å². The number of halogens is 1. The Labute approximate surface area is 124 Å². The van der Waals surface area contributed by atoms with Gasteiger partial charge in [-0.15, -0.1) is 0 Å². The van der Waals surface area contributed by atoms with Crippen LogP contribution in [0.15, 0.2) is 59.0 Å². The largest absolute Gasteiger partial charge is 0.360 e. The number of nitrogens with zero attached hydrogens (tertiary/aromatic N) is 1. The van der Waals surface area contributed by atoms with Gasteiger partial charge in [-0.25, -0.2) is 8.84 Å². The monoisotopic (exact) mass is 288 g/mol. The molecule has 2 aromatic carbocycles. The van der Waals surface area contributed by atoms with Crippen molar-refractivity contribution in [3.8, 4) is 0 Å². The van der Waals surface area contributed by atoms with Crippen LogP contribution in [0.4, 0.5) is 0 Å². The molecule has 0 fully saturated rings. The lowest BCUT2D eigenvalue weighted by atomic mass is 10.1. The van der Waals surface area contributed by atoms with Gasteiger partial charge in [0.25, 0.3) is 0 Å². The third-order valence-corrected chi connectivity index (χ3v) is 3.53. The maximum atomic E-state index is 5.75. The normalized spacial score (nSPS) is 10.6. The Morgan fingerprint density at radius 3 is 1.70 bits per heavy atom. The van der Waals surface area contributed by atoms with Gasteiger partial charge in [-0.3, -0.25) is 0 Å². The zero-order valence-corrected chi connectivity index (χ0v) is 12.6. The molecule has 20 heavy (non-hydrogen) atoms. The summed E-state index contributed by atoms with van der Waals surface area (Å²) in [7, 11) is 0. The molecule has 2 nitrogen and oxygen atoms in total. The van der Waals surface area contributed by atoms with Gasteiger partial charge in [0.15, 0.2) is 0 Å². The molecule has 0 amide bonds. The van der Waals surface area contributed by atoms with Gasteiger partial charge in [-0.1, -0.05) is 38.1 Å². The molecule has 0 aliphatic carbocycles. The first-order valence-electron chi connectivity index (χ1n) is 6.86. The van der Waals surface area contributed by atoms with E-state index in [9.17, 15) is 0 Å². The number of hydrogen-bond acceptors (Lipinski definition) is 1. The highest BCUT2D eigenvalue weighted by molar-refractivity contribution is 6.13. The van der Waals surface area contributed by atoms with Crippen LogP contribution in [0.5, 0.6) is 0 Å². The number of fused-ring (bicyclic) bond motifs is 2. The van der Waals surface area contributed by atoms with Crippen molar-refractivity contribution in [2.75, 3.05) is 13.1 Å². The lowest BCUT2D eigenvalue weighted by molar-refractivity contribution is 0.507. The molecule has 3 heteroatoms. The second kappa shape index (κ2) is 7.22. The van der Waals surface area contributed by atoms with Crippen LogP contribution in [0.3, 0.4) is 0 Å². The van der Waals surface area contributed by atoms with E-state index in [1.165, 1.54) is 0 Å². The standard InChI is InChI=1S/C13H9O.C4H10ClN/c1-3-7-12-10(5-1)9-11-6-2-4-8-13(11)14-12;1-3-6(5)4-2/h1-9H;3-4H2,1-2H3/q+1;. The van der Waals surface area contributed by atoms with Crippen LogP contribution in [-0.2, 0) is 0 Å². The number of benzene rings is 2. The van der Waals surface area contributed by atoms with E-state index in [4.69, 9.17) is 16.2 Å². The van der Waals surface area contributed by atoms with E-state index in [-0.39, 0.29) is 0 Å². The minimum absolute atomic E-state index is 0.929. The van der Waals surface area contributed by atoms with Gasteiger partial charge in [0.1, 0.15) is 0 Å². The molecular weight excluding hydrogens is 270 g/mol. The molecule has 104 valence electrons. The van der Waals surface area contributed by atoms with E-state index in [0.717, 1.165) is 35.0 Å². The predicted octanol–water partition coefficient (Wildman–Crippen LogP) is 5.35. The molecule has 0 N–H and O–H groups in total. The molecule has 0 spiro atoms. The van der Waals surface area contributed by atoms with Crippen molar-refractivity contribution in [2.45, 2.75) is 13.8 Å². The first-order chi connectivity index (χ1) is 9.74. The first-order valence-corrected chi connectivity index (χ1v) is 7.19. The molecular formula is C17H19ClNO+. The van der Waals surface area contributed by atoms with Gasteiger partial charge in [0.2, 0.25) is 0 Å². The summed E-state index contributed by atoms with van der Waals surface area (Å²) in [6, 6.07) is 18.3. The van der Waals surface area contributed by atoms with Gasteiger partial charge in [0.05, 0.1) is 10.8 Å². The maximum absolute atomic E-state index is 5.75. The van der Waals surface area contributed by atoms with Gasteiger partial charge < -0.3 is 0 Å². The highest BCUT2D eigenvalue weighted by Gasteiger charge is 2.09. The molecule has 0 aliphatic rings. The molecule has 1 aromatic heterocycles. The van der Waals surface area contributed by atoms with Crippen LogP contribution < -0.4 is 0 Å². The number of para-hydroxylation sites is 2. The SMILES string of the molecule is CCN(Cl)CC.c1ccc2[o+]c3ccccc3cc2c1. The highest BCUT2D eigenvalue weighted by atomic mass is 35.5. The Hall–Kier alpha value is -1.64. The Bertz CT molecular complexity index is 575. The van der Waals surface area contributed by atoms with E-state index in [2.05, 4.69) is 18.2 Å². The smallest absolute Gasteiger partial charge is 0.221 e. The first kappa shape index (κ1) is 14.8. The Balaban J connectivity index is 0.000000212. The molecule has 3 rings (SSSR count). The summed E-state index contributed by atoms with van der Waals surface area (Å²) in [6.45, 7) is 5.91. The summed E-state index contributed by atoms with van der Waals surface area (Å²) < 4.78 is 7.47.